The van der Waals surface area contributed by atoms with Gasteiger partial charge in [-0.3, -0.25) is 4.79 Å². The van der Waals surface area contributed by atoms with Crippen LogP contribution in [-0.2, 0) is 4.79 Å². The van der Waals surface area contributed by atoms with Crippen molar-refractivity contribution < 1.29 is 4.79 Å². The molecule has 3 nitrogen and oxygen atoms in total. The molecule has 1 heterocycles. The fourth-order valence-electron chi connectivity index (χ4n) is 2.33. The van der Waals surface area contributed by atoms with Crippen LogP contribution in [-0.4, -0.2) is 36.5 Å². The zero-order valence-electron chi connectivity index (χ0n) is 11.1. The van der Waals surface area contributed by atoms with Gasteiger partial charge in [-0.25, -0.2) is 0 Å². The Balaban J connectivity index is 2.44. The lowest BCUT2D eigenvalue weighted by Crippen LogP contribution is -2.51. The normalized spacial score (nSPS) is 26.2. The average Bonchev–Trinajstić information content (AvgIpc) is 2.24. The van der Waals surface area contributed by atoms with E-state index in [1.54, 1.807) is 0 Å². The van der Waals surface area contributed by atoms with E-state index in [1.165, 1.54) is 6.42 Å². The van der Waals surface area contributed by atoms with Crippen molar-refractivity contribution in [3.05, 3.63) is 0 Å². The van der Waals surface area contributed by atoms with E-state index in [9.17, 15) is 4.79 Å². The molecule has 1 rings (SSSR count). The zero-order valence-corrected chi connectivity index (χ0v) is 11.1. The van der Waals surface area contributed by atoms with Crippen molar-refractivity contribution in [2.45, 2.75) is 46.6 Å². The van der Waals surface area contributed by atoms with Gasteiger partial charge in [-0.1, -0.05) is 27.7 Å². The molecule has 0 radical (unpaired) electrons. The lowest BCUT2D eigenvalue weighted by Gasteiger charge is -2.37. The van der Waals surface area contributed by atoms with Crippen molar-refractivity contribution in [1.29, 1.82) is 0 Å². The van der Waals surface area contributed by atoms with E-state index in [-0.39, 0.29) is 0 Å². The number of likely N-dealkylation sites (tertiary alicyclic amines) is 1. The minimum Gasteiger partial charge on any atom is -0.341 e. The van der Waals surface area contributed by atoms with Crippen LogP contribution in [0.4, 0.5) is 0 Å². The summed E-state index contributed by atoms with van der Waals surface area (Å²) in [6.45, 7) is 11.5. The molecule has 3 heteroatoms. The molecule has 0 saturated carbocycles. The van der Waals surface area contributed by atoms with Gasteiger partial charge in [0.2, 0.25) is 5.91 Å². The molecule has 2 unspecified atom stereocenters. The molecule has 0 spiro atoms. The molecule has 2 atom stereocenters. The summed E-state index contributed by atoms with van der Waals surface area (Å²) in [6.07, 6.45) is 1.82. The largest absolute Gasteiger partial charge is 0.341 e. The molecule has 1 fully saturated rings. The molecule has 0 aromatic heterocycles. The molecule has 1 aliphatic heterocycles. The van der Waals surface area contributed by atoms with Gasteiger partial charge in [0.25, 0.3) is 0 Å². The standard InChI is InChI=1S/C13H26N2O/c1-5-13(16)15-8-11(4)6-12(9-15)14-7-10(2)3/h10-12,14H,5-9H2,1-4H3. The van der Waals surface area contributed by atoms with Crippen LogP contribution in [0.25, 0.3) is 0 Å². The van der Waals surface area contributed by atoms with Gasteiger partial charge in [0.1, 0.15) is 0 Å². The number of carbonyl (C=O) groups is 1. The van der Waals surface area contributed by atoms with E-state index >= 15 is 0 Å². The predicted octanol–water partition coefficient (Wildman–Crippen LogP) is 1.88. The van der Waals surface area contributed by atoms with E-state index in [2.05, 4.69) is 26.1 Å². The zero-order chi connectivity index (χ0) is 12.1. The van der Waals surface area contributed by atoms with Crippen LogP contribution >= 0.6 is 0 Å². The Morgan fingerprint density at radius 2 is 2.12 bits per heavy atom. The summed E-state index contributed by atoms with van der Waals surface area (Å²) in [5.41, 5.74) is 0. The van der Waals surface area contributed by atoms with Gasteiger partial charge in [0.05, 0.1) is 0 Å². The molecule has 0 aliphatic carbocycles. The van der Waals surface area contributed by atoms with Crippen LogP contribution in [0.15, 0.2) is 0 Å². The fraction of sp³-hybridized carbons (Fsp3) is 0.923. The summed E-state index contributed by atoms with van der Waals surface area (Å²) in [7, 11) is 0. The molecule has 16 heavy (non-hydrogen) atoms. The summed E-state index contributed by atoms with van der Waals surface area (Å²) < 4.78 is 0. The van der Waals surface area contributed by atoms with E-state index < -0.39 is 0 Å². The summed E-state index contributed by atoms with van der Waals surface area (Å²) in [5, 5.41) is 3.57. The Morgan fingerprint density at radius 1 is 1.44 bits per heavy atom. The highest BCUT2D eigenvalue weighted by atomic mass is 16.2. The topological polar surface area (TPSA) is 32.3 Å². The Kier molecular flexibility index (Phi) is 5.26. The summed E-state index contributed by atoms with van der Waals surface area (Å²) in [6, 6.07) is 0.488. The third kappa shape index (κ3) is 4.12. The number of hydrogen-bond donors (Lipinski definition) is 1. The molecular weight excluding hydrogens is 200 g/mol. The number of carbonyl (C=O) groups excluding carboxylic acids is 1. The van der Waals surface area contributed by atoms with Gasteiger partial charge in [-0.05, 0) is 24.8 Å². The lowest BCUT2D eigenvalue weighted by atomic mass is 9.95. The Morgan fingerprint density at radius 3 is 2.69 bits per heavy atom. The average molecular weight is 226 g/mol. The molecule has 0 aromatic rings. The van der Waals surface area contributed by atoms with Crippen LogP contribution < -0.4 is 5.32 Å². The quantitative estimate of drug-likeness (QED) is 0.794. The second-order valence-corrected chi connectivity index (χ2v) is 5.49. The van der Waals surface area contributed by atoms with E-state index in [4.69, 9.17) is 0 Å². The maximum atomic E-state index is 11.7. The van der Waals surface area contributed by atoms with Gasteiger partial charge in [-0.15, -0.1) is 0 Å². The highest BCUT2D eigenvalue weighted by Crippen LogP contribution is 2.17. The van der Waals surface area contributed by atoms with Crippen molar-refractivity contribution in [2.24, 2.45) is 11.8 Å². The molecule has 0 aromatic carbocycles. The molecule has 94 valence electrons. The highest BCUT2D eigenvalue weighted by Gasteiger charge is 2.26. The SMILES string of the molecule is CCC(=O)N1CC(C)CC(NCC(C)C)C1. The first-order valence-corrected chi connectivity index (χ1v) is 6.54. The third-order valence-corrected chi connectivity index (χ3v) is 3.13. The molecular formula is C13H26N2O. The highest BCUT2D eigenvalue weighted by molar-refractivity contribution is 5.75. The number of rotatable bonds is 4. The number of hydrogen-bond acceptors (Lipinski definition) is 2. The number of piperidine rings is 1. The van der Waals surface area contributed by atoms with Crippen molar-refractivity contribution in [3.63, 3.8) is 0 Å². The minimum absolute atomic E-state index is 0.294. The third-order valence-electron chi connectivity index (χ3n) is 3.13. The maximum absolute atomic E-state index is 11.7. The number of nitrogens with one attached hydrogen (secondary N) is 1. The maximum Gasteiger partial charge on any atom is 0.222 e. The van der Waals surface area contributed by atoms with Gasteiger partial charge < -0.3 is 10.2 Å². The van der Waals surface area contributed by atoms with Crippen LogP contribution in [0.2, 0.25) is 0 Å². The smallest absolute Gasteiger partial charge is 0.222 e. The van der Waals surface area contributed by atoms with E-state index in [0.29, 0.717) is 30.2 Å². The monoisotopic (exact) mass is 226 g/mol. The molecule has 1 aliphatic rings. The van der Waals surface area contributed by atoms with Crippen molar-refractivity contribution in [2.75, 3.05) is 19.6 Å². The first kappa shape index (κ1) is 13.5. The van der Waals surface area contributed by atoms with Crippen LogP contribution in [0, 0.1) is 11.8 Å². The van der Waals surface area contributed by atoms with Gasteiger partial charge in [0, 0.05) is 25.6 Å². The second kappa shape index (κ2) is 6.24. The van der Waals surface area contributed by atoms with Gasteiger partial charge in [-0.2, -0.15) is 0 Å². The Labute approximate surface area is 99.6 Å². The Bertz CT molecular complexity index is 228. The van der Waals surface area contributed by atoms with Crippen LogP contribution in [0.1, 0.15) is 40.5 Å². The molecule has 0 bridgehead atoms. The van der Waals surface area contributed by atoms with E-state index in [0.717, 1.165) is 19.6 Å². The lowest BCUT2D eigenvalue weighted by molar-refractivity contribution is -0.133. The first-order valence-electron chi connectivity index (χ1n) is 6.54. The predicted molar refractivity (Wildman–Crippen MR) is 67.3 cm³/mol. The minimum atomic E-state index is 0.294. The molecule has 1 saturated heterocycles. The Hall–Kier alpha value is -0.570. The summed E-state index contributed by atoms with van der Waals surface area (Å²) in [5.74, 6) is 1.59. The summed E-state index contributed by atoms with van der Waals surface area (Å²) >= 11 is 0. The van der Waals surface area contributed by atoms with Crippen LogP contribution in [0.3, 0.4) is 0 Å². The van der Waals surface area contributed by atoms with Gasteiger partial charge >= 0.3 is 0 Å². The van der Waals surface area contributed by atoms with E-state index in [1.807, 2.05) is 11.8 Å². The van der Waals surface area contributed by atoms with Crippen molar-refractivity contribution >= 4 is 5.91 Å². The second-order valence-electron chi connectivity index (χ2n) is 5.49. The van der Waals surface area contributed by atoms with Crippen molar-refractivity contribution in [3.8, 4) is 0 Å². The molecule has 1 N–H and O–H groups in total. The fourth-order valence-corrected chi connectivity index (χ4v) is 2.33. The first-order chi connectivity index (χ1) is 7.52. The number of nitrogens with zero attached hydrogens (tertiary/aromatic N) is 1. The van der Waals surface area contributed by atoms with Crippen LogP contribution in [0.5, 0.6) is 0 Å². The molecule has 1 amide bonds. The summed E-state index contributed by atoms with van der Waals surface area (Å²) in [4.78, 5) is 13.7. The van der Waals surface area contributed by atoms with Gasteiger partial charge in [0.15, 0.2) is 0 Å². The van der Waals surface area contributed by atoms with Crippen molar-refractivity contribution in [1.82, 2.24) is 10.2 Å². The number of amides is 1.